The molecule has 0 aromatic heterocycles. The van der Waals surface area contributed by atoms with E-state index in [1.165, 1.54) is 43.4 Å². The molecule has 2 aliphatic rings. The lowest BCUT2D eigenvalue weighted by Gasteiger charge is -2.26. The first-order valence-corrected chi connectivity index (χ1v) is 9.69. The van der Waals surface area contributed by atoms with Crippen molar-refractivity contribution in [2.45, 2.75) is 25.3 Å². The molecular weight excluding hydrogens is 336 g/mol. The highest BCUT2D eigenvalue weighted by Gasteiger charge is 2.29. The molecule has 25 heavy (non-hydrogen) atoms. The van der Waals surface area contributed by atoms with Crippen molar-refractivity contribution in [2.75, 3.05) is 32.5 Å². The van der Waals surface area contributed by atoms with Crippen LogP contribution in [0.2, 0.25) is 0 Å². The SMILES string of the molecule is COC(=O)/C=C1\SCC(=O)N1CCCN1CCCC1c1ccccc1. The normalized spacial score (nSPS) is 22.8. The molecule has 0 radical (unpaired) electrons. The predicted octanol–water partition coefficient (Wildman–Crippen LogP) is 2.80. The molecule has 0 bridgehead atoms. The highest BCUT2D eigenvalue weighted by molar-refractivity contribution is 8.04. The van der Waals surface area contributed by atoms with Crippen molar-refractivity contribution in [1.82, 2.24) is 9.80 Å². The van der Waals surface area contributed by atoms with Crippen molar-refractivity contribution < 1.29 is 14.3 Å². The average Bonchev–Trinajstić information content (AvgIpc) is 3.24. The summed E-state index contributed by atoms with van der Waals surface area (Å²) in [5.41, 5.74) is 1.37. The van der Waals surface area contributed by atoms with Crippen molar-refractivity contribution in [3.05, 3.63) is 47.0 Å². The van der Waals surface area contributed by atoms with Crippen LogP contribution in [-0.2, 0) is 14.3 Å². The quantitative estimate of drug-likeness (QED) is 0.577. The Morgan fingerprint density at radius 3 is 2.88 bits per heavy atom. The van der Waals surface area contributed by atoms with Crippen LogP contribution < -0.4 is 0 Å². The van der Waals surface area contributed by atoms with Gasteiger partial charge >= 0.3 is 5.97 Å². The van der Waals surface area contributed by atoms with Gasteiger partial charge in [0.25, 0.3) is 0 Å². The van der Waals surface area contributed by atoms with E-state index in [1.54, 1.807) is 4.90 Å². The molecule has 2 saturated heterocycles. The maximum Gasteiger partial charge on any atom is 0.333 e. The predicted molar refractivity (Wildman–Crippen MR) is 98.9 cm³/mol. The van der Waals surface area contributed by atoms with Gasteiger partial charge in [-0.25, -0.2) is 4.79 Å². The van der Waals surface area contributed by atoms with Gasteiger partial charge in [-0.2, -0.15) is 0 Å². The first kappa shape index (κ1) is 18.0. The number of ether oxygens (including phenoxy) is 1. The molecular formula is C19H24N2O3S. The minimum atomic E-state index is -0.411. The molecule has 0 saturated carbocycles. The molecule has 1 aromatic carbocycles. The standard InChI is InChI=1S/C19H24N2O3S/c1-24-19(23)13-18-21(17(22)14-25-18)12-6-11-20-10-5-9-16(20)15-7-3-2-4-8-15/h2-4,7-8,13,16H,5-6,9-12,14H2,1H3/b18-13-. The number of benzene rings is 1. The second kappa shape index (κ2) is 8.54. The Morgan fingerprint density at radius 2 is 2.12 bits per heavy atom. The third-order valence-corrected chi connectivity index (χ3v) is 5.75. The smallest absolute Gasteiger partial charge is 0.333 e. The Labute approximate surface area is 153 Å². The molecule has 5 nitrogen and oxygen atoms in total. The van der Waals surface area contributed by atoms with E-state index >= 15 is 0 Å². The number of nitrogens with zero attached hydrogens (tertiary/aromatic N) is 2. The second-order valence-corrected chi connectivity index (χ2v) is 7.29. The van der Waals surface area contributed by atoms with Gasteiger partial charge in [-0.05, 0) is 31.4 Å². The largest absolute Gasteiger partial charge is 0.466 e. The number of esters is 1. The molecule has 1 unspecified atom stereocenters. The lowest BCUT2D eigenvalue weighted by atomic mass is 10.0. The summed E-state index contributed by atoms with van der Waals surface area (Å²) in [4.78, 5) is 27.7. The molecule has 2 aliphatic heterocycles. The van der Waals surface area contributed by atoms with E-state index in [4.69, 9.17) is 0 Å². The van der Waals surface area contributed by atoms with Crippen LogP contribution in [0.4, 0.5) is 0 Å². The number of hydrogen-bond acceptors (Lipinski definition) is 5. The van der Waals surface area contributed by atoms with Crippen LogP contribution in [0.5, 0.6) is 0 Å². The van der Waals surface area contributed by atoms with E-state index in [0.29, 0.717) is 23.4 Å². The first-order chi connectivity index (χ1) is 12.2. The summed E-state index contributed by atoms with van der Waals surface area (Å²) in [6.07, 6.45) is 4.72. The summed E-state index contributed by atoms with van der Waals surface area (Å²) in [7, 11) is 1.35. The molecule has 1 amide bonds. The molecule has 0 spiro atoms. The summed E-state index contributed by atoms with van der Waals surface area (Å²) < 4.78 is 4.67. The van der Waals surface area contributed by atoms with E-state index in [1.807, 2.05) is 0 Å². The van der Waals surface area contributed by atoms with Gasteiger partial charge in [0.15, 0.2) is 0 Å². The zero-order chi connectivity index (χ0) is 17.6. The molecule has 134 valence electrons. The van der Waals surface area contributed by atoms with E-state index in [0.717, 1.165) is 19.5 Å². The van der Waals surface area contributed by atoms with Crippen molar-refractivity contribution in [3.8, 4) is 0 Å². The maximum atomic E-state index is 12.1. The monoisotopic (exact) mass is 360 g/mol. The Morgan fingerprint density at radius 1 is 1.32 bits per heavy atom. The third kappa shape index (κ3) is 4.44. The minimum Gasteiger partial charge on any atom is -0.466 e. The van der Waals surface area contributed by atoms with Crippen LogP contribution >= 0.6 is 11.8 Å². The van der Waals surface area contributed by atoms with Gasteiger partial charge in [-0.1, -0.05) is 42.1 Å². The van der Waals surface area contributed by atoms with Crippen LogP contribution in [-0.4, -0.2) is 54.2 Å². The summed E-state index contributed by atoms with van der Waals surface area (Å²) in [5, 5.41) is 0.706. The lowest BCUT2D eigenvalue weighted by molar-refractivity contribution is -0.134. The van der Waals surface area contributed by atoms with Gasteiger partial charge in [0, 0.05) is 19.1 Å². The highest BCUT2D eigenvalue weighted by atomic mass is 32.2. The Hall–Kier alpha value is -1.79. The van der Waals surface area contributed by atoms with Gasteiger partial charge in [0.2, 0.25) is 5.91 Å². The lowest BCUT2D eigenvalue weighted by Crippen LogP contribution is -2.30. The molecule has 2 fully saturated rings. The van der Waals surface area contributed by atoms with E-state index in [2.05, 4.69) is 40.0 Å². The zero-order valence-electron chi connectivity index (χ0n) is 14.5. The van der Waals surface area contributed by atoms with Crippen molar-refractivity contribution in [3.63, 3.8) is 0 Å². The zero-order valence-corrected chi connectivity index (χ0v) is 15.3. The topological polar surface area (TPSA) is 49.9 Å². The summed E-state index contributed by atoms with van der Waals surface area (Å²) in [5.74, 6) is 0.0613. The highest BCUT2D eigenvalue weighted by Crippen LogP contribution is 2.32. The number of hydrogen-bond donors (Lipinski definition) is 0. The molecule has 6 heteroatoms. The molecule has 3 rings (SSSR count). The first-order valence-electron chi connectivity index (χ1n) is 8.71. The number of carbonyl (C=O) groups is 2. The van der Waals surface area contributed by atoms with Crippen molar-refractivity contribution >= 4 is 23.6 Å². The fourth-order valence-electron chi connectivity index (χ4n) is 3.51. The van der Waals surface area contributed by atoms with Gasteiger partial charge < -0.3 is 9.64 Å². The van der Waals surface area contributed by atoms with Crippen molar-refractivity contribution in [1.29, 1.82) is 0 Å². The molecule has 1 atom stereocenters. The average molecular weight is 360 g/mol. The maximum absolute atomic E-state index is 12.1. The Balaban J connectivity index is 1.55. The molecule has 0 aliphatic carbocycles. The number of amides is 1. The number of methoxy groups -OCH3 is 1. The van der Waals surface area contributed by atoms with Crippen LogP contribution in [0.15, 0.2) is 41.4 Å². The summed E-state index contributed by atoms with van der Waals surface area (Å²) >= 11 is 1.41. The van der Waals surface area contributed by atoms with Gasteiger partial charge in [-0.3, -0.25) is 9.69 Å². The van der Waals surface area contributed by atoms with E-state index < -0.39 is 5.97 Å². The number of rotatable bonds is 6. The number of likely N-dealkylation sites (tertiary alicyclic amines) is 1. The fraction of sp³-hybridized carbons (Fsp3) is 0.474. The fourth-order valence-corrected chi connectivity index (χ4v) is 4.46. The Bertz CT molecular complexity index is 647. The number of thioether (sulfide) groups is 1. The van der Waals surface area contributed by atoms with Crippen LogP contribution in [0.3, 0.4) is 0 Å². The van der Waals surface area contributed by atoms with E-state index in [9.17, 15) is 9.59 Å². The summed E-state index contributed by atoms with van der Waals surface area (Å²) in [6.45, 7) is 2.71. The second-order valence-electron chi connectivity index (χ2n) is 6.30. The third-order valence-electron chi connectivity index (χ3n) is 4.73. The van der Waals surface area contributed by atoms with Crippen LogP contribution in [0.1, 0.15) is 30.9 Å². The Kier molecular flexibility index (Phi) is 6.15. The molecule has 1 aromatic rings. The molecule has 0 N–H and O–H groups in total. The minimum absolute atomic E-state index is 0.0705. The van der Waals surface area contributed by atoms with Crippen LogP contribution in [0.25, 0.3) is 0 Å². The van der Waals surface area contributed by atoms with Gasteiger partial charge in [0.05, 0.1) is 24.0 Å². The van der Waals surface area contributed by atoms with Crippen LogP contribution in [0, 0.1) is 0 Å². The number of carbonyl (C=O) groups excluding carboxylic acids is 2. The van der Waals surface area contributed by atoms with Gasteiger partial charge in [-0.15, -0.1) is 0 Å². The molecule has 2 heterocycles. The van der Waals surface area contributed by atoms with Crippen molar-refractivity contribution in [2.24, 2.45) is 0 Å². The van der Waals surface area contributed by atoms with Gasteiger partial charge in [0.1, 0.15) is 0 Å². The summed E-state index contributed by atoms with van der Waals surface area (Å²) in [6, 6.07) is 11.1. The van der Waals surface area contributed by atoms with E-state index in [-0.39, 0.29) is 5.91 Å².